The van der Waals surface area contributed by atoms with Crippen molar-refractivity contribution < 1.29 is 34.8 Å². The zero-order valence-corrected chi connectivity index (χ0v) is 13.9. The summed E-state index contributed by atoms with van der Waals surface area (Å²) in [4.78, 5) is 23.5. The van der Waals surface area contributed by atoms with Gasteiger partial charge in [-0.3, -0.25) is 9.59 Å². The van der Waals surface area contributed by atoms with Crippen molar-refractivity contribution in [1.29, 1.82) is 0 Å². The van der Waals surface area contributed by atoms with Crippen LogP contribution in [0.3, 0.4) is 0 Å². The van der Waals surface area contributed by atoms with Crippen molar-refractivity contribution in [1.82, 2.24) is 0 Å². The van der Waals surface area contributed by atoms with E-state index in [0.717, 1.165) is 0 Å². The summed E-state index contributed by atoms with van der Waals surface area (Å²) in [6.07, 6.45) is 0. The minimum absolute atomic E-state index is 0.0394. The van der Waals surface area contributed by atoms with E-state index in [1.54, 1.807) is 18.2 Å². The van der Waals surface area contributed by atoms with Gasteiger partial charge in [-0.25, -0.2) is 0 Å². The van der Waals surface area contributed by atoms with E-state index >= 15 is 0 Å². The van der Waals surface area contributed by atoms with Crippen molar-refractivity contribution in [2.24, 2.45) is 11.8 Å². The number of rotatable bonds is 5. The molecule has 0 saturated heterocycles. The third kappa shape index (κ3) is 2.81. The molecule has 0 aliphatic heterocycles. The molecule has 0 heterocycles. The van der Waals surface area contributed by atoms with Crippen molar-refractivity contribution in [3.8, 4) is 17.2 Å². The molecule has 2 aromatic rings. The molecule has 4 N–H and O–H groups in total. The quantitative estimate of drug-likeness (QED) is 0.647. The Morgan fingerprint density at radius 2 is 1.35 bits per heavy atom. The van der Waals surface area contributed by atoms with E-state index in [4.69, 9.17) is 4.74 Å². The summed E-state index contributed by atoms with van der Waals surface area (Å²) in [5.41, 5.74) is 1.20. The highest BCUT2D eigenvalue weighted by Gasteiger charge is 2.58. The number of ether oxygens (including phenoxy) is 1. The van der Waals surface area contributed by atoms with Crippen LogP contribution in [0.1, 0.15) is 23.0 Å². The second-order valence-electron chi connectivity index (χ2n) is 6.30. The van der Waals surface area contributed by atoms with Crippen LogP contribution in [0.2, 0.25) is 0 Å². The zero-order chi connectivity index (χ0) is 19.0. The maximum absolute atomic E-state index is 11.7. The summed E-state index contributed by atoms with van der Waals surface area (Å²) in [5, 5.41) is 38.4. The predicted molar refractivity (Wildman–Crippen MR) is 90.5 cm³/mol. The van der Waals surface area contributed by atoms with Gasteiger partial charge in [-0.1, -0.05) is 18.2 Å². The number of phenolic OH excluding ortho intramolecular Hbond substituents is 2. The summed E-state index contributed by atoms with van der Waals surface area (Å²) >= 11 is 0. The third-order valence-corrected chi connectivity index (χ3v) is 4.98. The van der Waals surface area contributed by atoms with Crippen LogP contribution in [-0.4, -0.2) is 39.5 Å². The maximum Gasteiger partial charge on any atom is 0.308 e. The van der Waals surface area contributed by atoms with E-state index in [0.29, 0.717) is 11.1 Å². The van der Waals surface area contributed by atoms with E-state index in [1.165, 1.54) is 31.4 Å². The average molecular weight is 358 g/mol. The summed E-state index contributed by atoms with van der Waals surface area (Å²) < 4.78 is 5.08. The molecule has 0 bridgehead atoms. The van der Waals surface area contributed by atoms with Crippen LogP contribution in [-0.2, 0) is 9.59 Å². The van der Waals surface area contributed by atoms with Crippen LogP contribution in [0.15, 0.2) is 42.5 Å². The molecule has 2 aromatic carbocycles. The van der Waals surface area contributed by atoms with Crippen LogP contribution in [0, 0.1) is 11.8 Å². The monoisotopic (exact) mass is 358 g/mol. The van der Waals surface area contributed by atoms with Crippen LogP contribution in [0.25, 0.3) is 0 Å². The first-order valence-corrected chi connectivity index (χ1v) is 7.96. The lowest BCUT2D eigenvalue weighted by molar-refractivity contribution is -0.164. The van der Waals surface area contributed by atoms with Crippen molar-refractivity contribution in [3.63, 3.8) is 0 Å². The number of carbonyl (C=O) groups is 2. The van der Waals surface area contributed by atoms with E-state index in [1.807, 2.05) is 0 Å². The Kier molecular flexibility index (Phi) is 4.46. The molecular weight excluding hydrogens is 340 g/mol. The predicted octanol–water partition coefficient (Wildman–Crippen LogP) is 2.39. The molecule has 7 nitrogen and oxygen atoms in total. The molecule has 0 amide bonds. The van der Waals surface area contributed by atoms with Crippen molar-refractivity contribution in [2.45, 2.75) is 11.8 Å². The smallest absolute Gasteiger partial charge is 0.308 e. The van der Waals surface area contributed by atoms with Gasteiger partial charge in [-0.15, -0.1) is 0 Å². The van der Waals surface area contributed by atoms with Gasteiger partial charge in [0.15, 0.2) is 11.5 Å². The van der Waals surface area contributed by atoms with Gasteiger partial charge < -0.3 is 25.2 Å². The number of benzene rings is 2. The highest BCUT2D eigenvalue weighted by atomic mass is 16.5. The normalized spacial score (nSPS) is 24.5. The van der Waals surface area contributed by atoms with E-state index in [2.05, 4.69) is 0 Å². The number of hydrogen-bond donors (Lipinski definition) is 4. The molecule has 26 heavy (non-hydrogen) atoms. The fourth-order valence-corrected chi connectivity index (χ4v) is 3.79. The first-order valence-electron chi connectivity index (χ1n) is 7.96. The minimum Gasteiger partial charge on any atom is -0.508 e. The Labute approximate surface area is 149 Å². The fourth-order valence-electron chi connectivity index (χ4n) is 3.79. The Hall–Kier alpha value is -3.22. The molecular formula is C19H18O7. The number of carboxylic acids is 2. The van der Waals surface area contributed by atoms with E-state index in [-0.39, 0.29) is 17.2 Å². The summed E-state index contributed by atoms with van der Waals surface area (Å²) in [6.45, 7) is 0. The topological polar surface area (TPSA) is 124 Å². The number of aromatic hydroxyl groups is 2. The summed E-state index contributed by atoms with van der Waals surface area (Å²) in [6, 6.07) is 10.6. The molecule has 1 fully saturated rings. The molecule has 0 unspecified atom stereocenters. The Morgan fingerprint density at radius 1 is 0.846 bits per heavy atom. The van der Waals surface area contributed by atoms with Gasteiger partial charge in [0, 0.05) is 11.8 Å². The fraction of sp³-hybridized carbons (Fsp3) is 0.263. The van der Waals surface area contributed by atoms with Gasteiger partial charge in [0.1, 0.15) is 5.75 Å². The Morgan fingerprint density at radius 3 is 1.85 bits per heavy atom. The van der Waals surface area contributed by atoms with Gasteiger partial charge in [-0.05, 0) is 35.4 Å². The number of carboxylic acid groups (broad SMARTS) is 2. The minimum atomic E-state index is -1.19. The van der Waals surface area contributed by atoms with Crippen molar-refractivity contribution in [3.05, 3.63) is 53.6 Å². The second kappa shape index (κ2) is 6.59. The van der Waals surface area contributed by atoms with Gasteiger partial charge in [0.05, 0.1) is 18.9 Å². The number of aliphatic carboxylic acids is 2. The van der Waals surface area contributed by atoms with E-state index < -0.39 is 35.6 Å². The molecule has 0 spiro atoms. The van der Waals surface area contributed by atoms with Crippen molar-refractivity contribution in [2.75, 3.05) is 7.11 Å². The van der Waals surface area contributed by atoms with Crippen molar-refractivity contribution >= 4 is 11.9 Å². The van der Waals surface area contributed by atoms with Crippen LogP contribution in [0.4, 0.5) is 0 Å². The van der Waals surface area contributed by atoms with E-state index in [9.17, 15) is 30.0 Å². The van der Waals surface area contributed by atoms with Gasteiger partial charge in [0.2, 0.25) is 0 Å². The molecule has 4 atom stereocenters. The molecule has 0 radical (unpaired) electrons. The largest absolute Gasteiger partial charge is 0.508 e. The SMILES string of the molecule is COc1cc([C@H]2[C@@H](C(=O)O)[C@@H](C(=O)O)[C@H]2c2ccc(O)cc2)ccc1O. The standard InChI is InChI=1S/C19H18O7/c1-26-13-8-10(4-7-12(13)21)15-14(9-2-5-11(20)6-3-9)16(18(22)23)17(15)19(24)25/h2-8,14-17,20-21H,1H3,(H,22,23)(H,24,25)/t14-,15+,16-,17+/m0/s1. The second-order valence-corrected chi connectivity index (χ2v) is 6.30. The first kappa shape index (κ1) is 17.6. The molecule has 0 aromatic heterocycles. The van der Waals surface area contributed by atoms with Gasteiger partial charge >= 0.3 is 11.9 Å². The molecule has 136 valence electrons. The molecule has 3 rings (SSSR count). The highest BCUT2D eigenvalue weighted by molar-refractivity contribution is 5.85. The molecule has 1 saturated carbocycles. The number of methoxy groups -OCH3 is 1. The van der Waals surface area contributed by atoms with Gasteiger partial charge in [-0.2, -0.15) is 0 Å². The first-order chi connectivity index (χ1) is 12.3. The summed E-state index contributed by atoms with van der Waals surface area (Å²) in [7, 11) is 1.38. The highest BCUT2D eigenvalue weighted by Crippen LogP contribution is 2.58. The lowest BCUT2D eigenvalue weighted by Crippen LogP contribution is -2.51. The number of hydrogen-bond acceptors (Lipinski definition) is 5. The van der Waals surface area contributed by atoms with Crippen LogP contribution in [0.5, 0.6) is 17.2 Å². The molecule has 1 aliphatic carbocycles. The molecule has 1 aliphatic rings. The Bertz CT molecular complexity index is 843. The lowest BCUT2D eigenvalue weighted by Gasteiger charge is -2.48. The maximum atomic E-state index is 11.7. The van der Waals surface area contributed by atoms with Gasteiger partial charge in [0.25, 0.3) is 0 Å². The summed E-state index contributed by atoms with van der Waals surface area (Å²) in [5.74, 6) is -5.62. The third-order valence-electron chi connectivity index (χ3n) is 4.98. The van der Waals surface area contributed by atoms with Crippen LogP contribution < -0.4 is 4.74 Å². The van der Waals surface area contributed by atoms with Crippen LogP contribution >= 0.6 is 0 Å². The zero-order valence-electron chi connectivity index (χ0n) is 13.9. The molecule has 7 heteroatoms. The Balaban J connectivity index is 2.10. The average Bonchev–Trinajstić information content (AvgIpc) is 2.56. The lowest BCUT2D eigenvalue weighted by atomic mass is 9.52. The number of phenols is 2.